The molecule has 2 amide bonds. The molecular weight excluding hydrogens is 448 g/mol. The maximum absolute atomic E-state index is 12.8. The fraction of sp³-hybridized carbons (Fsp3) is 0.318. The summed E-state index contributed by atoms with van der Waals surface area (Å²) < 4.78 is 33.5. The molecule has 0 unspecified atom stereocenters. The van der Waals surface area contributed by atoms with Gasteiger partial charge < -0.3 is 15.5 Å². The summed E-state index contributed by atoms with van der Waals surface area (Å²) in [6.07, 6.45) is 1.77. The molecule has 3 N–H and O–H groups in total. The molecule has 1 fully saturated rings. The van der Waals surface area contributed by atoms with Crippen molar-refractivity contribution in [2.24, 2.45) is 5.73 Å². The first-order chi connectivity index (χ1) is 15.7. The van der Waals surface area contributed by atoms with Crippen LogP contribution in [0.15, 0.2) is 56.6 Å². The number of hydrogen-bond donors (Lipinski definition) is 2. The molecule has 2 aromatic carbocycles. The Morgan fingerprint density at radius 3 is 2.42 bits per heavy atom. The van der Waals surface area contributed by atoms with Crippen molar-refractivity contribution in [2.75, 3.05) is 18.4 Å². The molecule has 2 heterocycles. The number of oxazole rings is 1. The van der Waals surface area contributed by atoms with Crippen LogP contribution in [0.1, 0.15) is 24.8 Å². The van der Waals surface area contributed by atoms with Gasteiger partial charge in [0.15, 0.2) is 5.58 Å². The molecule has 0 radical (unpaired) electrons. The fourth-order valence-electron chi connectivity index (χ4n) is 3.84. The Bertz CT molecular complexity index is 1350. The number of fused-ring (bicyclic) bond motifs is 1. The first kappa shape index (κ1) is 22.7. The number of anilines is 1. The van der Waals surface area contributed by atoms with E-state index in [0.717, 1.165) is 18.4 Å². The maximum atomic E-state index is 12.8. The predicted molar refractivity (Wildman–Crippen MR) is 121 cm³/mol. The number of carbonyl (C=O) groups excluding carboxylic acids is 2. The van der Waals surface area contributed by atoms with Crippen LogP contribution in [-0.4, -0.2) is 42.2 Å². The van der Waals surface area contributed by atoms with E-state index >= 15 is 0 Å². The minimum absolute atomic E-state index is 0.00536. The Morgan fingerprint density at radius 1 is 1.06 bits per heavy atom. The van der Waals surface area contributed by atoms with Gasteiger partial charge in [0, 0.05) is 37.8 Å². The van der Waals surface area contributed by atoms with Crippen LogP contribution in [0.3, 0.4) is 0 Å². The van der Waals surface area contributed by atoms with Crippen LogP contribution < -0.4 is 16.8 Å². The Balaban J connectivity index is 1.44. The lowest BCUT2D eigenvalue weighted by Crippen LogP contribution is -2.27. The molecule has 11 heteroatoms. The van der Waals surface area contributed by atoms with Gasteiger partial charge >= 0.3 is 5.76 Å². The van der Waals surface area contributed by atoms with E-state index in [9.17, 15) is 22.8 Å². The molecule has 10 nitrogen and oxygen atoms in total. The number of primary amides is 1. The van der Waals surface area contributed by atoms with E-state index in [4.69, 9.17) is 10.2 Å². The molecule has 0 bridgehead atoms. The van der Waals surface area contributed by atoms with Crippen molar-refractivity contribution in [3.63, 3.8) is 0 Å². The lowest BCUT2D eigenvalue weighted by molar-refractivity contribution is -0.117. The number of nitrogens with two attached hydrogens (primary N) is 1. The van der Waals surface area contributed by atoms with E-state index in [-0.39, 0.29) is 35.8 Å². The summed E-state index contributed by atoms with van der Waals surface area (Å²) in [5, 5.41) is 2.73. The number of aromatic nitrogens is 1. The largest absolute Gasteiger partial charge is 0.419 e. The zero-order chi connectivity index (χ0) is 23.6. The molecule has 33 heavy (non-hydrogen) atoms. The number of aryl methyl sites for hydroxylation is 1. The summed E-state index contributed by atoms with van der Waals surface area (Å²) in [5.41, 5.74) is 7.03. The minimum atomic E-state index is -3.63. The maximum Gasteiger partial charge on any atom is 0.419 e. The first-order valence-electron chi connectivity index (χ1n) is 10.5. The number of nitrogens with one attached hydrogen (secondary N) is 1. The molecule has 0 saturated carbocycles. The minimum Gasteiger partial charge on any atom is -0.408 e. The molecule has 0 spiro atoms. The van der Waals surface area contributed by atoms with Gasteiger partial charge in [0.1, 0.15) is 0 Å². The zero-order valence-electron chi connectivity index (χ0n) is 17.8. The van der Waals surface area contributed by atoms with Gasteiger partial charge in [-0.25, -0.2) is 13.2 Å². The highest BCUT2D eigenvalue weighted by atomic mass is 32.2. The van der Waals surface area contributed by atoms with Gasteiger partial charge in [-0.1, -0.05) is 12.1 Å². The summed E-state index contributed by atoms with van der Waals surface area (Å²) in [4.78, 5) is 35.7. The Labute approximate surface area is 190 Å². The predicted octanol–water partition coefficient (Wildman–Crippen LogP) is 1.44. The second kappa shape index (κ2) is 9.20. The van der Waals surface area contributed by atoms with Gasteiger partial charge in [-0.05, 0) is 42.7 Å². The number of rotatable bonds is 8. The molecule has 1 aliphatic heterocycles. The first-order valence-corrected chi connectivity index (χ1v) is 12.0. The summed E-state index contributed by atoms with van der Waals surface area (Å²) in [6, 6.07) is 11.1. The summed E-state index contributed by atoms with van der Waals surface area (Å²) in [7, 11) is -3.63. The molecule has 174 valence electrons. The lowest BCUT2D eigenvalue weighted by Gasteiger charge is -2.15. The molecule has 1 saturated heterocycles. The smallest absolute Gasteiger partial charge is 0.408 e. The van der Waals surface area contributed by atoms with Crippen LogP contribution in [0.5, 0.6) is 0 Å². The molecule has 3 aromatic rings. The van der Waals surface area contributed by atoms with Gasteiger partial charge in [0.05, 0.1) is 16.8 Å². The topological polar surface area (TPSA) is 145 Å². The molecule has 1 aliphatic rings. The number of benzene rings is 2. The number of hydrogen-bond acceptors (Lipinski definition) is 6. The highest BCUT2D eigenvalue weighted by Crippen LogP contribution is 2.24. The van der Waals surface area contributed by atoms with Crippen molar-refractivity contribution in [3.8, 4) is 0 Å². The fourth-order valence-corrected chi connectivity index (χ4v) is 5.37. The van der Waals surface area contributed by atoms with Crippen LogP contribution in [-0.2, 0) is 32.6 Å². The Kier molecular flexibility index (Phi) is 6.34. The Hall–Kier alpha value is -3.44. The van der Waals surface area contributed by atoms with Crippen molar-refractivity contribution in [2.45, 2.75) is 37.1 Å². The van der Waals surface area contributed by atoms with E-state index in [1.807, 2.05) is 0 Å². The average molecular weight is 473 g/mol. The zero-order valence-corrected chi connectivity index (χ0v) is 18.6. The van der Waals surface area contributed by atoms with Crippen molar-refractivity contribution in [1.82, 2.24) is 8.87 Å². The van der Waals surface area contributed by atoms with Gasteiger partial charge in [0.2, 0.25) is 21.8 Å². The number of sulfonamides is 1. The summed E-state index contributed by atoms with van der Waals surface area (Å²) in [5.74, 6) is -1.42. The van der Waals surface area contributed by atoms with Crippen LogP contribution >= 0.6 is 0 Å². The summed E-state index contributed by atoms with van der Waals surface area (Å²) in [6.45, 7) is 1.03. The van der Waals surface area contributed by atoms with E-state index in [1.54, 1.807) is 24.3 Å². The van der Waals surface area contributed by atoms with Crippen LogP contribution in [0, 0.1) is 0 Å². The third-order valence-corrected chi connectivity index (χ3v) is 7.42. The monoisotopic (exact) mass is 472 g/mol. The van der Waals surface area contributed by atoms with E-state index < -0.39 is 21.7 Å². The summed E-state index contributed by atoms with van der Waals surface area (Å²) >= 11 is 0. The highest BCUT2D eigenvalue weighted by molar-refractivity contribution is 7.89. The molecule has 1 aromatic heterocycles. The van der Waals surface area contributed by atoms with Crippen LogP contribution in [0.4, 0.5) is 5.69 Å². The third-order valence-electron chi connectivity index (χ3n) is 5.52. The molecular formula is C22H24N4O6S. The number of amides is 2. The second-order valence-corrected chi connectivity index (χ2v) is 9.84. The van der Waals surface area contributed by atoms with Crippen LogP contribution in [0.25, 0.3) is 11.1 Å². The molecule has 4 rings (SSSR count). The van der Waals surface area contributed by atoms with Crippen molar-refractivity contribution >= 4 is 38.6 Å². The molecule has 0 atom stereocenters. The van der Waals surface area contributed by atoms with Crippen molar-refractivity contribution in [3.05, 3.63) is 58.6 Å². The third kappa shape index (κ3) is 4.99. The van der Waals surface area contributed by atoms with Gasteiger partial charge in [0.25, 0.3) is 0 Å². The normalized spacial score (nSPS) is 14.5. The molecule has 0 aliphatic carbocycles. The van der Waals surface area contributed by atoms with E-state index in [0.29, 0.717) is 24.3 Å². The van der Waals surface area contributed by atoms with E-state index in [1.165, 1.54) is 27.1 Å². The SMILES string of the molecule is NC(=O)Cc1ccc(NC(=O)CCn2c(=O)oc3cc(S(=O)(=O)N4CCCC4)ccc32)cc1. The van der Waals surface area contributed by atoms with Crippen molar-refractivity contribution in [1.29, 1.82) is 0 Å². The number of nitrogens with zero attached hydrogens (tertiary/aromatic N) is 2. The van der Waals surface area contributed by atoms with E-state index in [2.05, 4.69) is 5.32 Å². The Morgan fingerprint density at radius 2 is 1.76 bits per heavy atom. The van der Waals surface area contributed by atoms with Gasteiger partial charge in [-0.2, -0.15) is 4.31 Å². The quantitative estimate of drug-likeness (QED) is 0.507. The highest BCUT2D eigenvalue weighted by Gasteiger charge is 2.28. The van der Waals surface area contributed by atoms with Crippen molar-refractivity contribution < 1.29 is 22.4 Å². The standard InChI is InChI=1S/C22H24N4O6S/c23-20(27)13-15-3-5-16(6-4-15)24-21(28)9-12-26-18-8-7-17(14-19(18)32-22(26)29)33(30,31)25-10-1-2-11-25/h3-8,14H,1-2,9-13H2,(H2,23,27)(H,24,28). The average Bonchev–Trinajstić information content (AvgIpc) is 3.41. The van der Waals surface area contributed by atoms with Gasteiger partial charge in [-0.15, -0.1) is 0 Å². The lowest BCUT2D eigenvalue weighted by atomic mass is 10.1. The van der Waals surface area contributed by atoms with Crippen LogP contribution in [0.2, 0.25) is 0 Å². The second-order valence-electron chi connectivity index (χ2n) is 7.90. The number of carbonyl (C=O) groups is 2. The van der Waals surface area contributed by atoms with Gasteiger partial charge in [-0.3, -0.25) is 14.2 Å².